The topological polar surface area (TPSA) is 117 Å². The van der Waals surface area contributed by atoms with Crippen molar-refractivity contribution in [1.82, 2.24) is 15.5 Å². The summed E-state index contributed by atoms with van der Waals surface area (Å²) >= 11 is 0. The molecule has 2 aliphatic heterocycles. The molecule has 10 nitrogen and oxygen atoms in total. The monoisotopic (exact) mass is 399 g/mol. The summed E-state index contributed by atoms with van der Waals surface area (Å²) in [6.07, 6.45) is 0. The molecule has 0 radical (unpaired) electrons. The Morgan fingerprint density at radius 1 is 1.33 bits per heavy atom. The van der Waals surface area contributed by atoms with Gasteiger partial charge in [-0.15, -0.1) is 12.4 Å². The number of piperazine rings is 1. The van der Waals surface area contributed by atoms with Crippen LogP contribution in [-0.4, -0.2) is 74.1 Å². The van der Waals surface area contributed by atoms with E-state index >= 15 is 0 Å². The zero-order valence-electron chi connectivity index (χ0n) is 14.7. The van der Waals surface area contributed by atoms with Crippen molar-refractivity contribution in [3.63, 3.8) is 0 Å². The molecule has 0 atom stereocenters. The molecule has 2 amide bonds. The minimum Gasteiger partial charge on any atom is -0.482 e. The Hall–Kier alpha value is -2.43. The number of carbonyl (C=O) groups excluding carboxylic acids is 2. The number of fused-ring (bicyclic) bond motifs is 1. The lowest BCUT2D eigenvalue weighted by Crippen LogP contribution is -2.48. The summed E-state index contributed by atoms with van der Waals surface area (Å²) in [5.41, 5.74) is 0.0823. The zero-order chi connectivity index (χ0) is 18.5. The molecule has 2 N–H and O–H groups in total. The van der Waals surface area contributed by atoms with Crippen LogP contribution in [0, 0.1) is 10.1 Å². The number of anilines is 1. The number of hydrogen-bond acceptors (Lipinski definition) is 7. The maximum Gasteiger partial charge on any atom is 0.271 e. The van der Waals surface area contributed by atoms with Gasteiger partial charge in [0.25, 0.3) is 11.6 Å². The highest BCUT2D eigenvalue weighted by Gasteiger charge is 2.29. The third-order valence-electron chi connectivity index (χ3n) is 4.36. The first kappa shape index (κ1) is 20.9. The van der Waals surface area contributed by atoms with Gasteiger partial charge in [0.15, 0.2) is 6.61 Å². The average molecular weight is 400 g/mol. The van der Waals surface area contributed by atoms with Crippen molar-refractivity contribution in [2.24, 2.45) is 0 Å². The summed E-state index contributed by atoms with van der Waals surface area (Å²) in [4.78, 5) is 38.2. The zero-order valence-corrected chi connectivity index (χ0v) is 15.5. The first-order valence-corrected chi connectivity index (χ1v) is 8.46. The molecule has 0 spiro atoms. The largest absolute Gasteiger partial charge is 0.482 e. The van der Waals surface area contributed by atoms with Crippen LogP contribution in [-0.2, 0) is 9.59 Å². The molecule has 0 saturated carbocycles. The highest BCUT2D eigenvalue weighted by Crippen LogP contribution is 2.35. The van der Waals surface area contributed by atoms with Crippen molar-refractivity contribution >= 4 is 35.6 Å². The molecule has 2 heterocycles. The number of halogens is 1. The van der Waals surface area contributed by atoms with Crippen LogP contribution < -0.4 is 20.3 Å². The van der Waals surface area contributed by atoms with Gasteiger partial charge in [-0.25, -0.2) is 0 Å². The summed E-state index contributed by atoms with van der Waals surface area (Å²) in [6, 6.07) is 4.00. The fraction of sp³-hybridized carbons (Fsp3) is 0.500. The Bertz CT molecular complexity index is 710. The van der Waals surface area contributed by atoms with Crippen LogP contribution in [0.2, 0.25) is 0 Å². The Labute approximate surface area is 162 Å². The number of non-ortho nitro benzene ring substituents is 1. The van der Waals surface area contributed by atoms with Crippen molar-refractivity contribution in [1.29, 1.82) is 0 Å². The minimum absolute atomic E-state index is 0. The highest BCUT2D eigenvalue weighted by molar-refractivity contribution is 6.02. The molecule has 3 rings (SSSR count). The molecule has 0 aromatic heterocycles. The lowest BCUT2D eigenvalue weighted by molar-refractivity contribution is -0.384. The third-order valence-corrected chi connectivity index (χ3v) is 4.36. The van der Waals surface area contributed by atoms with E-state index < -0.39 is 10.8 Å². The summed E-state index contributed by atoms with van der Waals surface area (Å²) in [5, 5.41) is 17.0. The van der Waals surface area contributed by atoms with E-state index in [-0.39, 0.29) is 42.8 Å². The Morgan fingerprint density at radius 3 is 2.78 bits per heavy atom. The molecule has 1 aromatic carbocycles. The van der Waals surface area contributed by atoms with E-state index in [1.54, 1.807) is 0 Å². The van der Waals surface area contributed by atoms with Crippen molar-refractivity contribution < 1.29 is 19.2 Å². The second kappa shape index (κ2) is 9.49. The first-order valence-electron chi connectivity index (χ1n) is 8.46. The van der Waals surface area contributed by atoms with E-state index in [1.807, 2.05) is 0 Å². The van der Waals surface area contributed by atoms with E-state index in [0.29, 0.717) is 12.3 Å². The summed E-state index contributed by atoms with van der Waals surface area (Å²) in [5.74, 6) is -0.369. The lowest BCUT2D eigenvalue weighted by Gasteiger charge is -2.29. The number of ether oxygens (including phenoxy) is 1. The number of nitro benzene ring substituents is 1. The summed E-state index contributed by atoms with van der Waals surface area (Å²) in [6.45, 7) is 4.59. The number of hydrogen-bond donors (Lipinski definition) is 2. The standard InChI is InChI=1S/C16H21N5O5.ClH/c22-15(18-5-8-19-6-3-17-4-7-19)10-20-13-9-12(21(24)25)1-2-14(13)26-11-16(20)23;/h1-2,9,17H,3-8,10-11H2,(H,18,22);1H. The van der Waals surface area contributed by atoms with Crippen LogP contribution >= 0.6 is 12.4 Å². The normalized spacial score (nSPS) is 16.7. The van der Waals surface area contributed by atoms with Gasteiger partial charge in [0.05, 0.1) is 10.6 Å². The maximum absolute atomic E-state index is 12.2. The number of nitrogens with zero attached hydrogens (tertiary/aromatic N) is 3. The predicted molar refractivity (Wildman–Crippen MR) is 101 cm³/mol. The van der Waals surface area contributed by atoms with E-state index in [0.717, 1.165) is 32.7 Å². The molecule has 1 aromatic rings. The average Bonchev–Trinajstić information content (AvgIpc) is 2.64. The van der Waals surface area contributed by atoms with Gasteiger partial charge in [0.2, 0.25) is 5.91 Å². The van der Waals surface area contributed by atoms with Crippen LogP contribution in [0.15, 0.2) is 18.2 Å². The number of benzene rings is 1. The van der Waals surface area contributed by atoms with Crippen molar-refractivity contribution in [3.8, 4) is 5.75 Å². The van der Waals surface area contributed by atoms with E-state index in [1.165, 1.54) is 23.1 Å². The maximum atomic E-state index is 12.2. The van der Waals surface area contributed by atoms with Crippen LogP contribution in [0.25, 0.3) is 0 Å². The fourth-order valence-corrected chi connectivity index (χ4v) is 2.97. The van der Waals surface area contributed by atoms with Crippen LogP contribution in [0.4, 0.5) is 11.4 Å². The second-order valence-electron chi connectivity index (χ2n) is 6.12. The van der Waals surface area contributed by atoms with Gasteiger partial charge < -0.3 is 15.4 Å². The van der Waals surface area contributed by atoms with Gasteiger partial charge in [0, 0.05) is 51.4 Å². The Balaban J connectivity index is 0.00000261. The van der Waals surface area contributed by atoms with E-state index in [4.69, 9.17) is 4.74 Å². The molecule has 0 bridgehead atoms. The van der Waals surface area contributed by atoms with Crippen LogP contribution in [0.3, 0.4) is 0 Å². The van der Waals surface area contributed by atoms with Crippen molar-refractivity contribution in [2.45, 2.75) is 0 Å². The Kier molecular flexibility index (Phi) is 7.34. The second-order valence-corrected chi connectivity index (χ2v) is 6.12. The molecule has 1 saturated heterocycles. The first-order chi connectivity index (χ1) is 12.5. The van der Waals surface area contributed by atoms with Gasteiger partial charge in [-0.05, 0) is 6.07 Å². The predicted octanol–water partition coefficient (Wildman–Crippen LogP) is -0.237. The molecule has 0 aliphatic carbocycles. The van der Waals surface area contributed by atoms with Gasteiger partial charge in [-0.3, -0.25) is 29.5 Å². The van der Waals surface area contributed by atoms with Gasteiger partial charge >= 0.3 is 0 Å². The molecule has 1 fully saturated rings. The molecule has 0 unspecified atom stereocenters. The van der Waals surface area contributed by atoms with E-state index in [2.05, 4.69) is 15.5 Å². The molecule has 11 heteroatoms. The van der Waals surface area contributed by atoms with Crippen molar-refractivity contribution in [2.75, 3.05) is 57.3 Å². The fourth-order valence-electron chi connectivity index (χ4n) is 2.97. The quantitative estimate of drug-likeness (QED) is 0.501. The Morgan fingerprint density at radius 2 is 2.07 bits per heavy atom. The number of carbonyl (C=O) groups is 2. The lowest BCUT2D eigenvalue weighted by atomic mass is 10.2. The molecule has 2 aliphatic rings. The van der Waals surface area contributed by atoms with E-state index in [9.17, 15) is 19.7 Å². The number of amides is 2. The van der Waals surface area contributed by atoms with Gasteiger partial charge in [0.1, 0.15) is 12.3 Å². The number of rotatable bonds is 6. The minimum atomic E-state index is -0.551. The van der Waals surface area contributed by atoms with Crippen LogP contribution in [0.5, 0.6) is 5.75 Å². The number of nitro groups is 1. The summed E-state index contributed by atoms with van der Waals surface area (Å²) < 4.78 is 5.28. The molecular weight excluding hydrogens is 378 g/mol. The smallest absolute Gasteiger partial charge is 0.271 e. The van der Waals surface area contributed by atoms with Gasteiger partial charge in [-0.2, -0.15) is 0 Å². The van der Waals surface area contributed by atoms with Crippen molar-refractivity contribution in [3.05, 3.63) is 28.3 Å². The highest BCUT2D eigenvalue weighted by atomic mass is 35.5. The molecule has 27 heavy (non-hydrogen) atoms. The molecule has 148 valence electrons. The van der Waals surface area contributed by atoms with Gasteiger partial charge in [-0.1, -0.05) is 0 Å². The third kappa shape index (κ3) is 5.28. The number of nitrogens with one attached hydrogen (secondary N) is 2. The SMILES string of the molecule is Cl.O=C(CN1C(=O)COc2ccc([N+](=O)[O-])cc21)NCCN1CCNCC1. The summed E-state index contributed by atoms with van der Waals surface area (Å²) in [7, 11) is 0. The van der Waals surface area contributed by atoms with Crippen LogP contribution in [0.1, 0.15) is 0 Å². The molecular formula is C16H22ClN5O5.